The Hall–Kier alpha value is -1.54. The van der Waals surface area contributed by atoms with Crippen molar-refractivity contribution in [1.29, 1.82) is 0 Å². The van der Waals surface area contributed by atoms with E-state index in [0.717, 1.165) is 58.2 Å². The van der Waals surface area contributed by atoms with Gasteiger partial charge in [-0.3, -0.25) is 4.99 Å². The molecule has 2 heterocycles. The van der Waals surface area contributed by atoms with Crippen LogP contribution >= 0.6 is 0 Å². The molecule has 1 amide bonds. The summed E-state index contributed by atoms with van der Waals surface area (Å²) in [7, 11) is 4.01. The van der Waals surface area contributed by atoms with Crippen molar-refractivity contribution in [2.24, 2.45) is 4.99 Å². The molecule has 2 aliphatic rings. The van der Waals surface area contributed by atoms with Gasteiger partial charge in [0.05, 0.1) is 6.04 Å². The molecule has 0 aromatic rings. The van der Waals surface area contributed by atoms with E-state index in [1.54, 1.807) is 0 Å². The zero-order chi connectivity index (χ0) is 19.9. The average Bonchev–Trinajstić information content (AvgIpc) is 2.91. The highest BCUT2D eigenvalue weighted by Gasteiger charge is 2.27. The summed E-state index contributed by atoms with van der Waals surface area (Å²) in [5.74, 6) is 0.912. The van der Waals surface area contributed by atoms with Crippen LogP contribution in [-0.4, -0.2) is 105 Å². The highest BCUT2D eigenvalue weighted by atomic mass is 16.6. The minimum atomic E-state index is -0.470. The van der Waals surface area contributed by atoms with Crippen molar-refractivity contribution in [1.82, 2.24) is 25.3 Å². The van der Waals surface area contributed by atoms with Crippen molar-refractivity contribution >= 4 is 12.1 Å². The molecule has 2 saturated heterocycles. The zero-order valence-corrected chi connectivity index (χ0v) is 17.8. The number of ether oxygens (including phenoxy) is 1. The Balaban J connectivity index is 1.70. The highest BCUT2D eigenvalue weighted by molar-refractivity contribution is 5.80. The first-order valence-electron chi connectivity index (χ1n) is 10.1. The van der Waals surface area contributed by atoms with Crippen LogP contribution in [0.5, 0.6) is 0 Å². The summed E-state index contributed by atoms with van der Waals surface area (Å²) in [6, 6.07) is 0.0968. The molecular weight excluding hydrogens is 344 g/mol. The predicted molar refractivity (Wildman–Crippen MR) is 109 cm³/mol. The molecule has 8 heteroatoms. The Labute approximate surface area is 164 Å². The number of alkyl carbamates (subject to hydrolysis) is 1. The van der Waals surface area contributed by atoms with Gasteiger partial charge >= 0.3 is 6.09 Å². The third-order valence-corrected chi connectivity index (χ3v) is 4.94. The smallest absolute Gasteiger partial charge is 0.407 e. The summed E-state index contributed by atoms with van der Waals surface area (Å²) in [6.07, 6.45) is 1.79. The molecule has 0 radical (unpaired) electrons. The van der Waals surface area contributed by atoms with E-state index in [2.05, 4.69) is 37.4 Å². The minimum Gasteiger partial charge on any atom is -0.444 e. The third kappa shape index (κ3) is 7.92. The Kier molecular flexibility index (Phi) is 8.16. The fraction of sp³-hybridized carbons (Fsp3) is 0.895. The van der Waals surface area contributed by atoms with Gasteiger partial charge in [0.2, 0.25) is 0 Å². The lowest BCUT2D eigenvalue weighted by molar-refractivity contribution is 0.0507. The van der Waals surface area contributed by atoms with Gasteiger partial charge in [-0.25, -0.2) is 4.79 Å². The van der Waals surface area contributed by atoms with Crippen molar-refractivity contribution in [3.63, 3.8) is 0 Å². The van der Waals surface area contributed by atoms with Gasteiger partial charge in [0.15, 0.2) is 5.96 Å². The lowest BCUT2D eigenvalue weighted by Gasteiger charge is -2.25. The summed E-state index contributed by atoms with van der Waals surface area (Å²) in [4.78, 5) is 23.5. The fourth-order valence-corrected chi connectivity index (χ4v) is 3.53. The van der Waals surface area contributed by atoms with Crippen LogP contribution < -0.4 is 10.6 Å². The van der Waals surface area contributed by atoms with Gasteiger partial charge in [0.1, 0.15) is 5.60 Å². The van der Waals surface area contributed by atoms with Gasteiger partial charge < -0.3 is 30.1 Å². The van der Waals surface area contributed by atoms with E-state index in [9.17, 15) is 4.79 Å². The number of guanidine groups is 1. The maximum absolute atomic E-state index is 12.0. The van der Waals surface area contributed by atoms with Gasteiger partial charge in [0.25, 0.3) is 0 Å². The highest BCUT2D eigenvalue weighted by Crippen LogP contribution is 2.12. The maximum Gasteiger partial charge on any atom is 0.407 e. The number of hydrogen-bond acceptors (Lipinski definition) is 5. The molecule has 1 unspecified atom stereocenters. The topological polar surface area (TPSA) is 72.4 Å². The lowest BCUT2D eigenvalue weighted by atomic mass is 10.2. The van der Waals surface area contributed by atoms with Crippen molar-refractivity contribution < 1.29 is 9.53 Å². The van der Waals surface area contributed by atoms with Crippen LogP contribution in [0.2, 0.25) is 0 Å². The first-order valence-corrected chi connectivity index (χ1v) is 10.1. The summed E-state index contributed by atoms with van der Waals surface area (Å²) in [5.41, 5.74) is -0.470. The first-order chi connectivity index (χ1) is 12.8. The monoisotopic (exact) mass is 382 g/mol. The molecule has 156 valence electrons. The van der Waals surface area contributed by atoms with E-state index in [1.165, 1.54) is 13.0 Å². The zero-order valence-electron chi connectivity index (χ0n) is 17.8. The predicted octanol–water partition coefficient (Wildman–Crippen LogP) is 0.798. The normalized spacial score (nSPS) is 23.2. The number of carbonyl (C=O) groups excluding carboxylic acids is 1. The van der Waals surface area contributed by atoms with Gasteiger partial charge in [0, 0.05) is 46.3 Å². The van der Waals surface area contributed by atoms with Crippen LogP contribution in [0.1, 0.15) is 33.6 Å². The molecule has 0 aromatic heterocycles. The van der Waals surface area contributed by atoms with Crippen LogP contribution in [-0.2, 0) is 4.74 Å². The molecule has 0 spiro atoms. The molecule has 0 bridgehead atoms. The molecule has 8 nitrogen and oxygen atoms in total. The fourth-order valence-electron chi connectivity index (χ4n) is 3.53. The first kappa shape index (κ1) is 21.8. The van der Waals surface area contributed by atoms with E-state index in [0.29, 0.717) is 0 Å². The third-order valence-electron chi connectivity index (χ3n) is 4.94. The average molecular weight is 383 g/mol. The van der Waals surface area contributed by atoms with Crippen LogP contribution in [0.4, 0.5) is 4.79 Å². The number of hydrogen-bond donors (Lipinski definition) is 2. The van der Waals surface area contributed by atoms with Crippen LogP contribution in [0.25, 0.3) is 0 Å². The number of aliphatic imine (C=N–C) groups is 1. The molecule has 0 aliphatic carbocycles. The molecule has 0 aromatic carbocycles. The molecular formula is C19H38N6O2. The quantitative estimate of drug-likeness (QED) is 0.554. The molecule has 1 atom stereocenters. The summed E-state index contributed by atoms with van der Waals surface area (Å²) in [6.45, 7) is 13.8. The Morgan fingerprint density at radius 1 is 1.19 bits per heavy atom. The van der Waals surface area contributed by atoms with E-state index in [1.807, 2.05) is 27.8 Å². The van der Waals surface area contributed by atoms with E-state index < -0.39 is 5.60 Å². The van der Waals surface area contributed by atoms with E-state index >= 15 is 0 Å². The van der Waals surface area contributed by atoms with Crippen molar-refractivity contribution in [2.75, 3.05) is 66.5 Å². The number of likely N-dealkylation sites (N-methyl/N-ethyl adjacent to an activating group) is 1. The SMILES string of the molecule is CN=C(NCCN1CCCN(C)CC1)N1CCC(NC(=O)OC(C)(C)C)C1. The van der Waals surface area contributed by atoms with Gasteiger partial charge in [-0.15, -0.1) is 0 Å². The van der Waals surface area contributed by atoms with Crippen molar-refractivity contribution in [3.8, 4) is 0 Å². The van der Waals surface area contributed by atoms with Crippen molar-refractivity contribution in [3.05, 3.63) is 0 Å². The largest absolute Gasteiger partial charge is 0.444 e. The second-order valence-electron chi connectivity index (χ2n) is 8.55. The van der Waals surface area contributed by atoms with Gasteiger partial charge in [-0.2, -0.15) is 0 Å². The van der Waals surface area contributed by atoms with Crippen molar-refractivity contribution in [2.45, 2.75) is 45.3 Å². The lowest BCUT2D eigenvalue weighted by Crippen LogP contribution is -2.46. The number of rotatable bonds is 4. The Morgan fingerprint density at radius 2 is 1.96 bits per heavy atom. The molecule has 2 fully saturated rings. The summed E-state index contributed by atoms with van der Waals surface area (Å²) >= 11 is 0. The maximum atomic E-state index is 12.0. The van der Waals surface area contributed by atoms with E-state index in [4.69, 9.17) is 4.74 Å². The van der Waals surface area contributed by atoms with Gasteiger partial charge in [-0.1, -0.05) is 0 Å². The minimum absolute atomic E-state index is 0.0968. The summed E-state index contributed by atoms with van der Waals surface area (Å²) < 4.78 is 5.35. The molecule has 2 aliphatic heterocycles. The molecule has 27 heavy (non-hydrogen) atoms. The number of amides is 1. The number of nitrogens with one attached hydrogen (secondary N) is 2. The molecule has 2 N–H and O–H groups in total. The van der Waals surface area contributed by atoms with Crippen LogP contribution in [0.15, 0.2) is 4.99 Å². The van der Waals surface area contributed by atoms with Crippen LogP contribution in [0, 0.1) is 0 Å². The second kappa shape index (κ2) is 10.1. The number of nitrogens with zero attached hydrogens (tertiary/aromatic N) is 4. The Bertz CT molecular complexity index is 505. The van der Waals surface area contributed by atoms with E-state index in [-0.39, 0.29) is 12.1 Å². The number of carbonyl (C=O) groups is 1. The molecule has 0 saturated carbocycles. The molecule has 2 rings (SSSR count). The number of likely N-dealkylation sites (tertiary alicyclic amines) is 1. The van der Waals surface area contributed by atoms with Crippen LogP contribution in [0.3, 0.4) is 0 Å². The Morgan fingerprint density at radius 3 is 2.67 bits per heavy atom. The summed E-state index contributed by atoms with van der Waals surface area (Å²) in [5, 5.41) is 6.44. The van der Waals surface area contributed by atoms with Gasteiger partial charge in [-0.05, 0) is 53.8 Å². The standard InChI is InChI=1S/C19H38N6O2/c1-19(2,3)27-18(26)22-16-7-11-25(15-16)17(20-4)21-8-12-24-10-6-9-23(5)13-14-24/h16H,6-15H2,1-5H3,(H,20,21)(H,22,26). The second-order valence-corrected chi connectivity index (χ2v) is 8.55.